The van der Waals surface area contributed by atoms with E-state index in [0.717, 1.165) is 11.3 Å². The Bertz CT molecular complexity index is 619. The molecule has 0 aliphatic carbocycles. The van der Waals surface area contributed by atoms with Crippen molar-refractivity contribution < 1.29 is 13.9 Å². The van der Waals surface area contributed by atoms with Gasteiger partial charge in [0.05, 0.1) is 18.5 Å². The van der Waals surface area contributed by atoms with Crippen molar-refractivity contribution in [2.24, 2.45) is 0 Å². The quantitative estimate of drug-likeness (QED) is 0.916. The molecule has 0 saturated carbocycles. The van der Waals surface area contributed by atoms with Crippen molar-refractivity contribution in [2.45, 2.75) is 32.0 Å². The maximum Gasteiger partial charge on any atom is 0.249 e. The summed E-state index contributed by atoms with van der Waals surface area (Å²) >= 11 is 0. The number of hydrogen-bond acceptors (Lipinski definition) is 4. The van der Waals surface area contributed by atoms with Gasteiger partial charge in [0.25, 0.3) is 0 Å². The van der Waals surface area contributed by atoms with Crippen LogP contribution in [-0.2, 0) is 16.1 Å². The Balaban J connectivity index is 1.75. The summed E-state index contributed by atoms with van der Waals surface area (Å²) in [5.41, 5.74) is 0.813. The Morgan fingerprint density at radius 3 is 2.64 bits per heavy atom. The number of nitrogens with one attached hydrogen (secondary N) is 1. The number of ether oxygens (including phenoxy) is 2. The van der Waals surface area contributed by atoms with E-state index in [-0.39, 0.29) is 5.60 Å². The zero-order valence-electron chi connectivity index (χ0n) is 12.9. The summed E-state index contributed by atoms with van der Waals surface area (Å²) in [5, 5.41) is 3.32. The number of furan rings is 1. The summed E-state index contributed by atoms with van der Waals surface area (Å²) in [4.78, 5) is 0. The van der Waals surface area contributed by atoms with Gasteiger partial charge in [-0.2, -0.15) is 0 Å². The van der Waals surface area contributed by atoms with E-state index in [9.17, 15) is 0 Å². The van der Waals surface area contributed by atoms with E-state index < -0.39 is 5.91 Å². The monoisotopic (exact) mass is 299 g/mol. The average Bonchev–Trinajstić information content (AvgIpc) is 3.13. The molecule has 3 rings (SSSR count). The minimum absolute atomic E-state index is 0.288. The van der Waals surface area contributed by atoms with Crippen LogP contribution in [0.5, 0.6) is 0 Å². The highest BCUT2D eigenvalue weighted by Gasteiger charge is 2.43. The molecule has 2 aromatic rings. The van der Waals surface area contributed by atoms with Crippen molar-refractivity contribution in [1.82, 2.24) is 5.32 Å². The van der Waals surface area contributed by atoms with E-state index in [2.05, 4.69) is 5.32 Å². The van der Waals surface area contributed by atoms with Gasteiger partial charge >= 0.3 is 0 Å². The van der Waals surface area contributed by atoms with E-state index in [0.29, 0.717) is 13.2 Å². The minimum atomic E-state index is -0.938. The first-order chi connectivity index (χ1) is 10.6. The van der Waals surface area contributed by atoms with Crippen LogP contribution in [0.1, 0.15) is 25.2 Å². The normalized spacial score (nSPS) is 24.1. The summed E-state index contributed by atoms with van der Waals surface area (Å²) in [7, 11) is 0. The van der Waals surface area contributed by atoms with Gasteiger partial charge < -0.3 is 13.9 Å². The van der Waals surface area contributed by atoms with E-state index in [1.54, 1.807) is 6.26 Å². The first kappa shape index (κ1) is 15.0. The van der Waals surface area contributed by atoms with Crippen LogP contribution >= 0.6 is 0 Å². The zero-order valence-corrected chi connectivity index (χ0v) is 12.9. The minimum Gasteiger partial charge on any atom is -0.465 e. The topological polar surface area (TPSA) is 43.6 Å². The molecule has 1 unspecified atom stereocenters. The first-order valence-corrected chi connectivity index (χ1v) is 7.43. The Labute approximate surface area is 130 Å². The van der Waals surface area contributed by atoms with Gasteiger partial charge in [-0.25, -0.2) is 0 Å². The van der Waals surface area contributed by atoms with Gasteiger partial charge in [0.15, 0.2) is 0 Å². The molecule has 4 nitrogen and oxygen atoms in total. The molecular formula is C18H21NO3. The van der Waals surface area contributed by atoms with Crippen LogP contribution in [0, 0.1) is 0 Å². The number of benzene rings is 1. The van der Waals surface area contributed by atoms with Crippen LogP contribution in [0.25, 0.3) is 6.08 Å². The Kier molecular flexibility index (Phi) is 4.16. The second-order valence-electron chi connectivity index (χ2n) is 6.01. The van der Waals surface area contributed by atoms with E-state index in [1.165, 1.54) is 0 Å². The van der Waals surface area contributed by atoms with Gasteiger partial charge in [0, 0.05) is 6.54 Å². The van der Waals surface area contributed by atoms with Crippen LogP contribution in [0.2, 0.25) is 0 Å². The fourth-order valence-electron chi connectivity index (χ4n) is 2.38. The first-order valence-electron chi connectivity index (χ1n) is 7.43. The maximum atomic E-state index is 6.09. The molecule has 1 aliphatic rings. The lowest BCUT2D eigenvalue weighted by molar-refractivity contribution is -0.229. The smallest absolute Gasteiger partial charge is 0.249 e. The molecule has 0 bridgehead atoms. The molecule has 1 fully saturated rings. The third-order valence-corrected chi connectivity index (χ3v) is 3.49. The average molecular weight is 299 g/mol. The lowest BCUT2D eigenvalue weighted by Gasteiger charge is -2.28. The summed E-state index contributed by atoms with van der Waals surface area (Å²) in [6.07, 6.45) is 5.37. The zero-order chi connectivity index (χ0) is 15.5. The number of rotatable bonds is 5. The molecule has 1 aromatic heterocycles. The standard InChI is InChI=1S/C18H21NO3/c1-17(2)14-19-18(22-17,11-10-16-9-6-12-20-16)21-13-15-7-4-3-5-8-15/h3-12,19H,13-14H2,1-2H3. The highest BCUT2D eigenvalue weighted by molar-refractivity contribution is 5.43. The third kappa shape index (κ3) is 3.65. The lowest BCUT2D eigenvalue weighted by atomic mass is 10.1. The Morgan fingerprint density at radius 2 is 2.00 bits per heavy atom. The van der Waals surface area contributed by atoms with E-state index in [4.69, 9.17) is 13.9 Å². The van der Waals surface area contributed by atoms with Gasteiger partial charge in [0.1, 0.15) is 5.76 Å². The molecule has 0 spiro atoms. The molecule has 1 saturated heterocycles. The SMILES string of the molecule is CC1(C)CNC(C=Cc2ccco2)(OCc2ccccc2)O1. The maximum absolute atomic E-state index is 6.09. The Hall–Kier alpha value is -1.88. The fraction of sp³-hybridized carbons (Fsp3) is 0.333. The van der Waals surface area contributed by atoms with Gasteiger partial charge in [-0.05, 0) is 43.7 Å². The van der Waals surface area contributed by atoms with Crippen LogP contribution in [0.15, 0.2) is 59.2 Å². The molecule has 2 heterocycles. The Morgan fingerprint density at radius 1 is 1.18 bits per heavy atom. The lowest BCUT2D eigenvalue weighted by Crippen LogP contribution is -2.42. The van der Waals surface area contributed by atoms with Crippen molar-refractivity contribution in [3.8, 4) is 0 Å². The van der Waals surface area contributed by atoms with Gasteiger partial charge in [-0.15, -0.1) is 0 Å². The molecular weight excluding hydrogens is 278 g/mol. The summed E-state index contributed by atoms with van der Waals surface area (Å²) < 4.78 is 17.5. The molecule has 22 heavy (non-hydrogen) atoms. The van der Waals surface area contributed by atoms with Gasteiger partial charge in [-0.1, -0.05) is 30.3 Å². The fourth-order valence-corrected chi connectivity index (χ4v) is 2.38. The predicted molar refractivity (Wildman–Crippen MR) is 84.9 cm³/mol. The van der Waals surface area contributed by atoms with Crippen molar-refractivity contribution in [1.29, 1.82) is 0 Å². The predicted octanol–water partition coefficient (Wildman–Crippen LogP) is 3.56. The van der Waals surface area contributed by atoms with Crippen molar-refractivity contribution in [3.05, 3.63) is 66.1 Å². The van der Waals surface area contributed by atoms with Crippen molar-refractivity contribution in [3.63, 3.8) is 0 Å². The molecule has 0 amide bonds. The van der Waals surface area contributed by atoms with Gasteiger partial charge in [0.2, 0.25) is 5.91 Å². The molecule has 1 N–H and O–H groups in total. The highest BCUT2D eigenvalue weighted by Crippen LogP contribution is 2.29. The molecule has 116 valence electrons. The van der Waals surface area contributed by atoms with Crippen LogP contribution in [0.3, 0.4) is 0 Å². The summed E-state index contributed by atoms with van der Waals surface area (Å²) in [6, 6.07) is 13.8. The van der Waals surface area contributed by atoms with E-state index >= 15 is 0 Å². The van der Waals surface area contributed by atoms with Crippen molar-refractivity contribution >= 4 is 6.08 Å². The molecule has 1 aromatic carbocycles. The molecule has 0 radical (unpaired) electrons. The summed E-state index contributed by atoms with van der Waals surface area (Å²) in [6.45, 7) is 5.25. The van der Waals surface area contributed by atoms with Crippen molar-refractivity contribution in [2.75, 3.05) is 6.54 Å². The molecule has 1 aliphatic heterocycles. The third-order valence-electron chi connectivity index (χ3n) is 3.49. The second-order valence-corrected chi connectivity index (χ2v) is 6.01. The summed E-state index contributed by atoms with van der Waals surface area (Å²) in [5.74, 6) is -0.177. The largest absolute Gasteiger partial charge is 0.465 e. The molecule has 1 atom stereocenters. The van der Waals surface area contributed by atoms with E-state index in [1.807, 2.05) is 68.5 Å². The second kappa shape index (κ2) is 6.08. The van der Waals surface area contributed by atoms with Crippen LogP contribution < -0.4 is 5.32 Å². The van der Waals surface area contributed by atoms with Gasteiger partial charge in [-0.3, -0.25) is 5.32 Å². The van der Waals surface area contributed by atoms with Crippen LogP contribution in [-0.4, -0.2) is 18.1 Å². The van der Waals surface area contributed by atoms with Crippen LogP contribution in [0.4, 0.5) is 0 Å². The number of hydrogen-bond donors (Lipinski definition) is 1. The highest BCUT2D eigenvalue weighted by atomic mass is 16.7. The molecule has 4 heteroatoms.